The van der Waals surface area contributed by atoms with E-state index in [0.717, 1.165) is 0 Å². The fraction of sp³-hybridized carbons (Fsp3) is 0.333. The Balaban J connectivity index is 2.30. The van der Waals surface area contributed by atoms with Gasteiger partial charge in [0.2, 0.25) is 0 Å². The SMILES string of the molecule is CC(=O)C(N=Nc1cccc2c1OC(F)(F)O2)C(C)=O. The van der Waals surface area contributed by atoms with Crippen LogP contribution in [-0.2, 0) is 9.59 Å². The van der Waals surface area contributed by atoms with Gasteiger partial charge in [-0.1, -0.05) is 6.07 Å². The van der Waals surface area contributed by atoms with Crippen molar-refractivity contribution in [3.05, 3.63) is 18.2 Å². The molecule has 0 atom stereocenters. The normalized spacial score (nSPS) is 15.8. The van der Waals surface area contributed by atoms with Gasteiger partial charge in [-0.3, -0.25) is 9.59 Å². The minimum atomic E-state index is -3.77. The summed E-state index contributed by atoms with van der Waals surface area (Å²) in [5, 5.41) is 7.19. The van der Waals surface area contributed by atoms with Crippen molar-refractivity contribution in [2.24, 2.45) is 10.2 Å². The van der Waals surface area contributed by atoms with Gasteiger partial charge in [0.1, 0.15) is 5.69 Å². The predicted molar refractivity (Wildman–Crippen MR) is 62.3 cm³/mol. The zero-order valence-electron chi connectivity index (χ0n) is 10.6. The maximum absolute atomic E-state index is 12.9. The Kier molecular flexibility index (Phi) is 3.47. The number of hydrogen-bond acceptors (Lipinski definition) is 6. The summed E-state index contributed by atoms with van der Waals surface area (Å²) in [5.74, 6) is -1.45. The smallest absolute Gasteiger partial charge is 0.395 e. The second-order valence-electron chi connectivity index (χ2n) is 4.11. The van der Waals surface area contributed by atoms with Crippen LogP contribution in [0, 0.1) is 0 Å². The Morgan fingerprint density at radius 3 is 2.45 bits per heavy atom. The van der Waals surface area contributed by atoms with E-state index in [0.29, 0.717) is 0 Å². The number of ether oxygens (including phenoxy) is 2. The molecule has 6 nitrogen and oxygen atoms in total. The van der Waals surface area contributed by atoms with E-state index in [9.17, 15) is 18.4 Å². The molecule has 0 aliphatic carbocycles. The fourth-order valence-corrected chi connectivity index (χ4v) is 1.60. The molecule has 1 aromatic carbocycles. The monoisotopic (exact) mass is 284 g/mol. The molecule has 0 aromatic heterocycles. The molecular formula is C12H10F2N2O4. The maximum Gasteiger partial charge on any atom is 0.586 e. The number of nitrogens with zero attached hydrogens (tertiary/aromatic N) is 2. The first kappa shape index (κ1) is 14.0. The zero-order chi connectivity index (χ0) is 14.9. The number of ketones is 2. The second kappa shape index (κ2) is 4.95. The van der Waals surface area contributed by atoms with Crippen molar-refractivity contribution >= 4 is 17.3 Å². The van der Waals surface area contributed by atoms with E-state index in [-0.39, 0.29) is 17.2 Å². The Morgan fingerprint density at radius 2 is 1.85 bits per heavy atom. The van der Waals surface area contributed by atoms with E-state index < -0.39 is 23.9 Å². The molecule has 1 aromatic rings. The van der Waals surface area contributed by atoms with Gasteiger partial charge in [-0.2, -0.15) is 10.2 Å². The number of Topliss-reactive ketones (excluding diaryl/α,β-unsaturated/α-hetero) is 2. The van der Waals surface area contributed by atoms with Gasteiger partial charge in [0.15, 0.2) is 29.1 Å². The molecule has 0 radical (unpaired) electrons. The van der Waals surface area contributed by atoms with Crippen molar-refractivity contribution in [1.82, 2.24) is 0 Å². The van der Waals surface area contributed by atoms with Gasteiger partial charge in [0.05, 0.1) is 0 Å². The van der Waals surface area contributed by atoms with Crippen molar-refractivity contribution < 1.29 is 27.8 Å². The number of rotatable bonds is 4. The van der Waals surface area contributed by atoms with Crippen molar-refractivity contribution in [3.8, 4) is 11.5 Å². The Bertz CT molecular complexity index is 587. The van der Waals surface area contributed by atoms with E-state index in [2.05, 4.69) is 19.7 Å². The van der Waals surface area contributed by atoms with Crippen LogP contribution in [-0.4, -0.2) is 23.9 Å². The Morgan fingerprint density at radius 1 is 1.20 bits per heavy atom. The summed E-state index contributed by atoms with van der Waals surface area (Å²) in [6.45, 7) is 2.38. The number of carbonyl (C=O) groups is 2. The minimum absolute atomic E-state index is 0.0489. The standard InChI is InChI=1S/C12H10F2N2O4/c1-6(17)10(7(2)18)16-15-8-4-3-5-9-11(8)20-12(13,14)19-9/h3-5,10H,1-2H3. The third kappa shape index (κ3) is 2.79. The van der Waals surface area contributed by atoms with Crippen LogP contribution in [0.15, 0.2) is 28.4 Å². The molecule has 0 fully saturated rings. The third-order valence-corrected chi connectivity index (χ3v) is 2.46. The maximum atomic E-state index is 12.9. The largest absolute Gasteiger partial charge is 0.586 e. The lowest BCUT2D eigenvalue weighted by molar-refractivity contribution is -0.286. The van der Waals surface area contributed by atoms with Gasteiger partial charge >= 0.3 is 6.29 Å². The molecular weight excluding hydrogens is 274 g/mol. The van der Waals surface area contributed by atoms with Crippen LogP contribution in [0.4, 0.5) is 14.5 Å². The highest BCUT2D eigenvalue weighted by molar-refractivity contribution is 6.04. The lowest BCUT2D eigenvalue weighted by atomic mass is 10.1. The molecule has 1 aliphatic rings. The summed E-state index contributed by atoms with van der Waals surface area (Å²) in [6, 6.07) is 2.79. The molecule has 8 heteroatoms. The highest BCUT2D eigenvalue weighted by Gasteiger charge is 2.44. The zero-order valence-corrected chi connectivity index (χ0v) is 10.6. The number of fused-ring (bicyclic) bond motifs is 1. The van der Waals surface area contributed by atoms with Crippen molar-refractivity contribution in [2.45, 2.75) is 26.2 Å². The second-order valence-corrected chi connectivity index (χ2v) is 4.11. The summed E-state index contributed by atoms with van der Waals surface area (Å²) in [6.07, 6.45) is -3.77. The van der Waals surface area contributed by atoms with Gasteiger partial charge in [0.25, 0.3) is 0 Å². The molecule has 0 unspecified atom stereocenters. The molecule has 0 saturated heterocycles. The number of azo groups is 1. The van der Waals surface area contributed by atoms with Crippen LogP contribution < -0.4 is 9.47 Å². The topological polar surface area (TPSA) is 77.3 Å². The average molecular weight is 284 g/mol. The molecule has 0 saturated carbocycles. The average Bonchev–Trinajstić information content (AvgIpc) is 2.63. The first-order chi connectivity index (χ1) is 9.30. The number of carbonyl (C=O) groups excluding carboxylic acids is 2. The molecule has 106 valence electrons. The van der Waals surface area contributed by atoms with Gasteiger partial charge in [-0.15, -0.1) is 8.78 Å². The molecule has 0 spiro atoms. The van der Waals surface area contributed by atoms with Crippen LogP contribution in [0.25, 0.3) is 0 Å². The van der Waals surface area contributed by atoms with E-state index >= 15 is 0 Å². The van der Waals surface area contributed by atoms with Crippen LogP contribution in [0.1, 0.15) is 13.8 Å². The highest BCUT2D eigenvalue weighted by Crippen LogP contribution is 2.46. The van der Waals surface area contributed by atoms with E-state index in [1.807, 2.05) is 0 Å². The van der Waals surface area contributed by atoms with Crippen molar-refractivity contribution in [1.29, 1.82) is 0 Å². The molecule has 20 heavy (non-hydrogen) atoms. The molecule has 0 N–H and O–H groups in total. The Labute approximate surface area is 112 Å². The minimum Gasteiger partial charge on any atom is -0.395 e. The fourth-order valence-electron chi connectivity index (χ4n) is 1.60. The van der Waals surface area contributed by atoms with Gasteiger partial charge < -0.3 is 9.47 Å². The Hall–Kier alpha value is -2.38. The van der Waals surface area contributed by atoms with Crippen molar-refractivity contribution in [3.63, 3.8) is 0 Å². The van der Waals surface area contributed by atoms with Crippen LogP contribution in [0.3, 0.4) is 0 Å². The molecule has 1 heterocycles. The molecule has 1 aliphatic heterocycles. The lowest BCUT2D eigenvalue weighted by Gasteiger charge is -2.05. The number of halogens is 2. The number of alkyl halides is 2. The van der Waals surface area contributed by atoms with E-state index in [1.54, 1.807) is 0 Å². The van der Waals surface area contributed by atoms with E-state index in [1.165, 1.54) is 32.0 Å². The molecule has 0 amide bonds. The quantitative estimate of drug-likeness (QED) is 0.629. The number of hydrogen-bond donors (Lipinski definition) is 0. The summed E-state index contributed by atoms with van der Waals surface area (Å²) in [7, 11) is 0. The van der Waals surface area contributed by atoms with Gasteiger partial charge in [0, 0.05) is 0 Å². The molecule has 2 rings (SSSR count). The summed E-state index contributed by atoms with van der Waals surface area (Å²) >= 11 is 0. The summed E-state index contributed by atoms with van der Waals surface area (Å²) < 4.78 is 34.4. The van der Waals surface area contributed by atoms with E-state index in [4.69, 9.17) is 0 Å². The van der Waals surface area contributed by atoms with Crippen LogP contribution in [0.5, 0.6) is 11.5 Å². The summed E-state index contributed by atoms with van der Waals surface area (Å²) in [4.78, 5) is 22.4. The first-order valence-corrected chi connectivity index (χ1v) is 5.61. The molecule has 0 bridgehead atoms. The number of benzene rings is 1. The number of para-hydroxylation sites is 1. The first-order valence-electron chi connectivity index (χ1n) is 5.61. The summed E-state index contributed by atoms with van der Waals surface area (Å²) in [5.41, 5.74) is -0.0489. The highest BCUT2D eigenvalue weighted by atomic mass is 19.3. The van der Waals surface area contributed by atoms with Crippen LogP contribution in [0.2, 0.25) is 0 Å². The van der Waals surface area contributed by atoms with Gasteiger partial charge in [-0.25, -0.2) is 0 Å². The van der Waals surface area contributed by atoms with Crippen molar-refractivity contribution in [2.75, 3.05) is 0 Å². The van der Waals surface area contributed by atoms with Crippen LogP contribution >= 0.6 is 0 Å². The third-order valence-electron chi connectivity index (χ3n) is 2.46. The lowest BCUT2D eigenvalue weighted by Crippen LogP contribution is -2.26. The van der Waals surface area contributed by atoms with Gasteiger partial charge in [-0.05, 0) is 26.0 Å². The predicted octanol–water partition coefficient (Wildman–Crippen LogP) is 2.64.